The molecular formula is C14H17N5O5. The molecule has 128 valence electrons. The number of esters is 1. The Morgan fingerprint density at radius 3 is 2.71 bits per heavy atom. The summed E-state index contributed by atoms with van der Waals surface area (Å²) in [6, 6.07) is -0.575. The highest BCUT2D eigenvalue weighted by Gasteiger charge is 2.44. The van der Waals surface area contributed by atoms with Crippen molar-refractivity contribution in [1.29, 1.82) is 0 Å². The van der Waals surface area contributed by atoms with Crippen LogP contribution in [0.25, 0.3) is 11.2 Å². The molecular weight excluding hydrogens is 318 g/mol. The molecule has 10 nitrogen and oxygen atoms in total. The minimum absolute atomic E-state index is 0.112. The number of rotatable bonds is 3. The van der Waals surface area contributed by atoms with Crippen molar-refractivity contribution in [1.82, 2.24) is 19.5 Å². The van der Waals surface area contributed by atoms with Gasteiger partial charge >= 0.3 is 5.97 Å². The van der Waals surface area contributed by atoms with E-state index in [2.05, 4.69) is 20.3 Å². The predicted molar refractivity (Wildman–Crippen MR) is 80.8 cm³/mol. The Bertz CT molecular complexity index is 791. The second-order valence-electron chi connectivity index (χ2n) is 5.67. The van der Waals surface area contributed by atoms with Crippen LogP contribution in [0.2, 0.25) is 0 Å². The van der Waals surface area contributed by atoms with Crippen molar-refractivity contribution in [2.75, 3.05) is 5.32 Å². The first-order valence-corrected chi connectivity index (χ1v) is 7.37. The van der Waals surface area contributed by atoms with E-state index in [0.29, 0.717) is 11.2 Å². The van der Waals surface area contributed by atoms with Gasteiger partial charge in [-0.3, -0.25) is 14.9 Å². The molecule has 1 aliphatic carbocycles. The zero-order valence-electron chi connectivity index (χ0n) is 13.1. The van der Waals surface area contributed by atoms with E-state index in [1.165, 1.54) is 26.4 Å². The monoisotopic (exact) mass is 335 g/mol. The minimum Gasteiger partial charge on any atom is -0.460 e. The van der Waals surface area contributed by atoms with Crippen molar-refractivity contribution < 1.29 is 24.5 Å². The summed E-state index contributed by atoms with van der Waals surface area (Å²) < 4.78 is 6.62. The first-order chi connectivity index (χ1) is 11.4. The highest BCUT2D eigenvalue weighted by atomic mass is 16.6. The minimum atomic E-state index is -1.20. The highest BCUT2D eigenvalue weighted by molar-refractivity contribution is 5.87. The number of anilines is 1. The third kappa shape index (κ3) is 2.93. The average molecular weight is 335 g/mol. The van der Waals surface area contributed by atoms with Crippen molar-refractivity contribution in [2.24, 2.45) is 0 Å². The molecule has 1 fully saturated rings. The summed E-state index contributed by atoms with van der Waals surface area (Å²) in [4.78, 5) is 34.6. The Morgan fingerprint density at radius 2 is 2.04 bits per heavy atom. The van der Waals surface area contributed by atoms with E-state index >= 15 is 0 Å². The molecule has 1 amide bonds. The third-order valence-electron chi connectivity index (χ3n) is 3.88. The fourth-order valence-electron chi connectivity index (χ4n) is 2.86. The van der Waals surface area contributed by atoms with E-state index in [9.17, 15) is 19.8 Å². The molecule has 4 atom stereocenters. The average Bonchev–Trinajstić information content (AvgIpc) is 3.02. The third-order valence-corrected chi connectivity index (χ3v) is 3.88. The van der Waals surface area contributed by atoms with E-state index < -0.39 is 30.3 Å². The van der Waals surface area contributed by atoms with Crippen LogP contribution in [0.5, 0.6) is 0 Å². The van der Waals surface area contributed by atoms with Crippen molar-refractivity contribution >= 4 is 29.0 Å². The fraction of sp³-hybridized carbons (Fsp3) is 0.500. The number of fused-ring (bicyclic) bond motifs is 1. The van der Waals surface area contributed by atoms with Crippen molar-refractivity contribution in [3.05, 3.63) is 12.5 Å². The number of aliphatic hydroxyl groups excluding tert-OH is 2. The van der Waals surface area contributed by atoms with Gasteiger partial charge in [-0.15, -0.1) is 0 Å². The van der Waals surface area contributed by atoms with Gasteiger partial charge in [0.25, 0.3) is 0 Å². The first kappa shape index (κ1) is 16.3. The van der Waals surface area contributed by atoms with Crippen LogP contribution in [0.1, 0.15) is 26.3 Å². The number of amides is 1. The Hall–Kier alpha value is -2.59. The van der Waals surface area contributed by atoms with Gasteiger partial charge in [0.1, 0.15) is 23.8 Å². The Kier molecular flexibility index (Phi) is 4.16. The zero-order chi connectivity index (χ0) is 17.4. The molecule has 1 aliphatic rings. The maximum absolute atomic E-state index is 11.1. The van der Waals surface area contributed by atoms with Crippen molar-refractivity contribution in [3.8, 4) is 0 Å². The van der Waals surface area contributed by atoms with Crippen LogP contribution in [0.15, 0.2) is 12.5 Å². The summed E-state index contributed by atoms with van der Waals surface area (Å²) in [7, 11) is 0. The number of hydrogen-bond acceptors (Lipinski definition) is 8. The second kappa shape index (κ2) is 6.13. The van der Waals surface area contributed by atoms with Gasteiger partial charge in [-0.1, -0.05) is 0 Å². The van der Waals surface area contributed by atoms with Gasteiger partial charge in [-0.25, -0.2) is 9.97 Å². The number of aliphatic hydroxyl groups is 2. The van der Waals surface area contributed by atoms with E-state index in [1.54, 1.807) is 4.57 Å². The molecule has 1 saturated carbocycles. The summed E-state index contributed by atoms with van der Waals surface area (Å²) >= 11 is 0. The molecule has 4 unspecified atom stereocenters. The normalized spacial score (nSPS) is 26.5. The number of carbonyl (C=O) groups is 2. The van der Waals surface area contributed by atoms with E-state index in [1.807, 2.05) is 0 Å². The summed E-state index contributed by atoms with van der Waals surface area (Å²) in [6.07, 6.45) is -0.0260. The number of imidazole rings is 1. The van der Waals surface area contributed by atoms with Crippen molar-refractivity contribution in [3.63, 3.8) is 0 Å². The summed E-state index contributed by atoms with van der Waals surface area (Å²) in [6.45, 7) is 2.58. The highest BCUT2D eigenvalue weighted by Crippen LogP contribution is 2.34. The summed E-state index contributed by atoms with van der Waals surface area (Å²) in [5.41, 5.74) is 0.871. The van der Waals surface area contributed by atoms with Crippen LogP contribution in [0.4, 0.5) is 5.95 Å². The van der Waals surface area contributed by atoms with E-state index in [0.717, 1.165) is 0 Å². The Balaban J connectivity index is 1.94. The van der Waals surface area contributed by atoms with Gasteiger partial charge in [0.15, 0.2) is 5.65 Å². The van der Waals surface area contributed by atoms with E-state index in [4.69, 9.17) is 4.74 Å². The topological polar surface area (TPSA) is 139 Å². The van der Waals surface area contributed by atoms with Crippen LogP contribution in [0, 0.1) is 0 Å². The largest absolute Gasteiger partial charge is 0.460 e. The number of nitrogens with one attached hydrogen (secondary N) is 1. The maximum atomic E-state index is 11.1. The Labute approximate surface area is 136 Å². The van der Waals surface area contributed by atoms with Gasteiger partial charge < -0.3 is 19.5 Å². The van der Waals surface area contributed by atoms with Gasteiger partial charge in [0, 0.05) is 20.3 Å². The molecule has 0 spiro atoms. The molecule has 3 rings (SSSR count). The van der Waals surface area contributed by atoms with Gasteiger partial charge in [0.2, 0.25) is 11.9 Å². The standard InChI is InChI=1S/C14H17N5O5/c1-6(20)17-14-15-4-8-13(18-14)19(5-16-8)9-3-10(24-7(2)21)12(23)11(9)22/h4-5,9-12,22-23H,3H2,1-2H3,(H,15,17,18,20). The zero-order valence-corrected chi connectivity index (χ0v) is 13.1. The Morgan fingerprint density at radius 1 is 1.29 bits per heavy atom. The van der Waals surface area contributed by atoms with Crippen molar-refractivity contribution in [2.45, 2.75) is 44.6 Å². The molecule has 0 bridgehead atoms. The van der Waals surface area contributed by atoms with Crippen LogP contribution in [-0.2, 0) is 14.3 Å². The molecule has 0 aromatic carbocycles. The van der Waals surface area contributed by atoms with Crippen LogP contribution >= 0.6 is 0 Å². The molecule has 0 radical (unpaired) electrons. The summed E-state index contributed by atoms with van der Waals surface area (Å²) in [5.74, 6) is -0.731. The van der Waals surface area contributed by atoms with E-state index in [-0.39, 0.29) is 18.3 Å². The molecule has 0 saturated heterocycles. The second-order valence-corrected chi connectivity index (χ2v) is 5.67. The van der Waals surface area contributed by atoms with Gasteiger partial charge in [-0.05, 0) is 0 Å². The lowest BCUT2D eigenvalue weighted by atomic mass is 10.2. The first-order valence-electron chi connectivity index (χ1n) is 7.37. The number of carbonyl (C=O) groups excluding carboxylic acids is 2. The number of hydrogen-bond donors (Lipinski definition) is 3. The molecule has 10 heteroatoms. The quantitative estimate of drug-likeness (QED) is 0.631. The molecule has 0 aliphatic heterocycles. The molecule has 24 heavy (non-hydrogen) atoms. The molecule has 3 N–H and O–H groups in total. The lowest BCUT2D eigenvalue weighted by Gasteiger charge is -2.17. The lowest BCUT2D eigenvalue weighted by molar-refractivity contribution is -0.152. The molecule has 2 aromatic heterocycles. The lowest BCUT2D eigenvalue weighted by Crippen LogP contribution is -2.33. The SMILES string of the molecule is CC(=O)Nc1ncc2ncn(C3CC(OC(C)=O)C(O)C3O)c2n1. The number of ether oxygens (including phenoxy) is 1. The fourth-order valence-corrected chi connectivity index (χ4v) is 2.86. The summed E-state index contributed by atoms with van der Waals surface area (Å²) in [5, 5.41) is 22.8. The predicted octanol–water partition coefficient (Wildman–Crippen LogP) is -0.617. The maximum Gasteiger partial charge on any atom is 0.302 e. The van der Waals surface area contributed by atoms with Crippen LogP contribution in [0.3, 0.4) is 0 Å². The van der Waals surface area contributed by atoms with Crippen LogP contribution < -0.4 is 5.32 Å². The van der Waals surface area contributed by atoms with Gasteiger partial charge in [0.05, 0.1) is 18.6 Å². The van der Waals surface area contributed by atoms with Gasteiger partial charge in [-0.2, -0.15) is 4.98 Å². The molecule has 2 aromatic rings. The number of aromatic nitrogens is 4. The smallest absolute Gasteiger partial charge is 0.302 e. The molecule has 2 heterocycles. The number of nitrogens with zero attached hydrogens (tertiary/aromatic N) is 4. The van der Waals surface area contributed by atoms with Crippen LogP contribution in [-0.4, -0.2) is 59.9 Å².